The smallest absolute Gasteiger partial charge is 0.254 e. The predicted octanol–water partition coefficient (Wildman–Crippen LogP) is 3.19. The SMILES string of the molecule is CC(C)C[C@H](NC(=O)c1cc(F)ccc1-n1cnnn1)c1nc2ccccc2[nH]1. The fourth-order valence-electron chi connectivity index (χ4n) is 3.25. The molecule has 0 aliphatic heterocycles. The number of para-hydroxylation sites is 2. The van der Waals surface area contributed by atoms with E-state index in [-0.39, 0.29) is 11.6 Å². The molecule has 0 radical (unpaired) electrons. The molecule has 2 aromatic carbocycles. The van der Waals surface area contributed by atoms with Crippen LogP contribution in [0.2, 0.25) is 0 Å². The quantitative estimate of drug-likeness (QED) is 0.524. The normalized spacial score (nSPS) is 12.4. The Bertz CT molecular complexity index is 1100. The lowest BCUT2D eigenvalue weighted by Crippen LogP contribution is -2.31. The lowest BCUT2D eigenvalue weighted by molar-refractivity contribution is 0.0929. The molecule has 0 spiro atoms. The lowest BCUT2D eigenvalue weighted by Gasteiger charge is -2.19. The van der Waals surface area contributed by atoms with Gasteiger partial charge in [0.2, 0.25) is 0 Å². The zero-order chi connectivity index (χ0) is 20.4. The first kappa shape index (κ1) is 18.7. The molecule has 8 nitrogen and oxygen atoms in total. The van der Waals surface area contributed by atoms with Gasteiger partial charge in [-0.3, -0.25) is 4.79 Å². The van der Waals surface area contributed by atoms with Crippen LogP contribution in [0.1, 0.15) is 42.5 Å². The number of tetrazole rings is 1. The van der Waals surface area contributed by atoms with Crippen LogP contribution in [0.15, 0.2) is 48.8 Å². The minimum Gasteiger partial charge on any atom is -0.342 e. The number of H-pyrrole nitrogens is 1. The number of nitrogens with one attached hydrogen (secondary N) is 2. The van der Waals surface area contributed by atoms with E-state index in [1.807, 2.05) is 24.3 Å². The molecule has 0 unspecified atom stereocenters. The van der Waals surface area contributed by atoms with E-state index < -0.39 is 11.7 Å². The number of hydrogen-bond acceptors (Lipinski definition) is 5. The van der Waals surface area contributed by atoms with Crippen molar-refractivity contribution in [2.24, 2.45) is 5.92 Å². The summed E-state index contributed by atoms with van der Waals surface area (Å²) in [7, 11) is 0. The number of carbonyl (C=O) groups excluding carboxylic acids is 1. The molecule has 9 heteroatoms. The lowest BCUT2D eigenvalue weighted by atomic mass is 10.0. The van der Waals surface area contributed by atoms with Gasteiger partial charge in [-0.1, -0.05) is 26.0 Å². The highest BCUT2D eigenvalue weighted by atomic mass is 19.1. The van der Waals surface area contributed by atoms with E-state index >= 15 is 0 Å². The molecular weight excluding hydrogens is 373 g/mol. The van der Waals surface area contributed by atoms with Crippen molar-refractivity contribution in [3.8, 4) is 5.69 Å². The van der Waals surface area contributed by atoms with Crippen LogP contribution in [0, 0.1) is 11.7 Å². The minimum atomic E-state index is -0.517. The van der Waals surface area contributed by atoms with Gasteiger partial charge in [0, 0.05) is 0 Å². The zero-order valence-corrected chi connectivity index (χ0v) is 16.0. The molecule has 4 aromatic rings. The van der Waals surface area contributed by atoms with Gasteiger partial charge in [-0.25, -0.2) is 9.37 Å². The standard InChI is InChI=1S/C20H20FN7O/c1-12(2)9-17(19-23-15-5-3-4-6-16(15)24-19)25-20(29)14-10-13(21)7-8-18(14)28-11-22-26-27-28/h3-8,10-12,17H,9H2,1-2H3,(H,23,24)(H,25,29)/t17-/m0/s1. The maximum atomic E-state index is 13.9. The molecule has 148 valence electrons. The maximum absolute atomic E-state index is 13.9. The highest BCUT2D eigenvalue weighted by Crippen LogP contribution is 2.23. The van der Waals surface area contributed by atoms with Crippen LogP contribution in [-0.2, 0) is 0 Å². The number of imidazole rings is 1. The number of hydrogen-bond donors (Lipinski definition) is 2. The Hall–Kier alpha value is -3.62. The monoisotopic (exact) mass is 393 g/mol. The molecule has 0 saturated carbocycles. The fourth-order valence-corrected chi connectivity index (χ4v) is 3.25. The highest BCUT2D eigenvalue weighted by Gasteiger charge is 2.23. The zero-order valence-electron chi connectivity index (χ0n) is 16.0. The van der Waals surface area contributed by atoms with Crippen LogP contribution in [0.3, 0.4) is 0 Å². The summed E-state index contributed by atoms with van der Waals surface area (Å²) in [6.45, 7) is 4.13. The summed E-state index contributed by atoms with van der Waals surface area (Å²) in [6, 6.07) is 11.2. The second kappa shape index (κ2) is 7.78. The van der Waals surface area contributed by atoms with Crippen LogP contribution < -0.4 is 5.32 Å². The number of benzene rings is 2. The van der Waals surface area contributed by atoms with Gasteiger partial charge in [-0.2, -0.15) is 4.68 Å². The number of amides is 1. The van der Waals surface area contributed by atoms with Crippen LogP contribution in [0.25, 0.3) is 16.7 Å². The second-order valence-corrected chi connectivity index (χ2v) is 7.21. The summed E-state index contributed by atoms with van der Waals surface area (Å²) >= 11 is 0. The molecule has 0 bridgehead atoms. The van der Waals surface area contributed by atoms with Gasteiger partial charge in [0.05, 0.1) is 28.3 Å². The molecule has 4 rings (SSSR count). The van der Waals surface area contributed by atoms with Crippen LogP contribution in [-0.4, -0.2) is 36.1 Å². The predicted molar refractivity (Wildman–Crippen MR) is 105 cm³/mol. The van der Waals surface area contributed by atoms with Gasteiger partial charge in [0.1, 0.15) is 18.0 Å². The van der Waals surface area contributed by atoms with E-state index in [2.05, 4.69) is 44.7 Å². The number of aromatic amines is 1. The molecule has 0 aliphatic rings. The van der Waals surface area contributed by atoms with Crippen molar-refractivity contribution in [1.29, 1.82) is 0 Å². The second-order valence-electron chi connectivity index (χ2n) is 7.21. The average Bonchev–Trinajstić information content (AvgIpc) is 3.36. The molecule has 0 saturated heterocycles. The van der Waals surface area contributed by atoms with Crippen molar-refractivity contribution in [1.82, 2.24) is 35.5 Å². The Labute approximate surface area is 166 Å². The third-order valence-electron chi connectivity index (χ3n) is 4.55. The van der Waals surface area contributed by atoms with Crippen molar-refractivity contribution in [3.63, 3.8) is 0 Å². The summed E-state index contributed by atoms with van der Waals surface area (Å²) in [6.07, 6.45) is 2.02. The van der Waals surface area contributed by atoms with E-state index in [1.165, 1.54) is 29.2 Å². The molecule has 29 heavy (non-hydrogen) atoms. The largest absolute Gasteiger partial charge is 0.342 e. The van der Waals surface area contributed by atoms with E-state index in [1.54, 1.807) is 0 Å². The molecule has 2 heterocycles. The van der Waals surface area contributed by atoms with Crippen molar-refractivity contribution in [3.05, 3.63) is 66.0 Å². The van der Waals surface area contributed by atoms with E-state index in [0.717, 1.165) is 11.0 Å². The van der Waals surface area contributed by atoms with Gasteiger partial charge >= 0.3 is 0 Å². The van der Waals surface area contributed by atoms with Crippen LogP contribution >= 0.6 is 0 Å². The molecule has 1 amide bonds. The molecule has 0 fully saturated rings. The summed E-state index contributed by atoms with van der Waals surface area (Å²) in [5.41, 5.74) is 2.25. The molecule has 2 N–H and O–H groups in total. The average molecular weight is 393 g/mol. The Kier molecular flexibility index (Phi) is 5.03. The summed E-state index contributed by atoms with van der Waals surface area (Å²) in [5, 5.41) is 14.0. The molecule has 1 atom stereocenters. The fraction of sp³-hybridized carbons (Fsp3) is 0.250. The van der Waals surface area contributed by atoms with Gasteiger partial charge < -0.3 is 10.3 Å². The summed E-state index contributed by atoms with van der Waals surface area (Å²) < 4.78 is 15.2. The van der Waals surface area contributed by atoms with Gasteiger partial charge in [0.15, 0.2) is 0 Å². The minimum absolute atomic E-state index is 0.141. The van der Waals surface area contributed by atoms with Gasteiger partial charge in [-0.15, -0.1) is 5.10 Å². The molecular formula is C20H20FN7O. The first-order chi connectivity index (χ1) is 14.0. The number of fused-ring (bicyclic) bond motifs is 1. The van der Waals surface area contributed by atoms with Gasteiger partial charge in [0.25, 0.3) is 5.91 Å². The topological polar surface area (TPSA) is 101 Å². The third-order valence-corrected chi connectivity index (χ3v) is 4.55. The Balaban J connectivity index is 1.68. The number of halogens is 1. The Morgan fingerprint density at radius 3 is 2.79 bits per heavy atom. The van der Waals surface area contributed by atoms with Crippen LogP contribution in [0.4, 0.5) is 4.39 Å². The first-order valence-corrected chi connectivity index (χ1v) is 9.29. The third kappa shape index (κ3) is 3.98. The Morgan fingerprint density at radius 1 is 1.24 bits per heavy atom. The van der Waals surface area contributed by atoms with Crippen molar-refractivity contribution in [2.45, 2.75) is 26.3 Å². The van der Waals surface area contributed by atoms with Gasteiger partial charge in [-0.05, 0) is 53.1 Å². The molecule has 2 aromatic heterocycles. The van der Waals surface area contributed by atoms with E-state index in [0.29, 0.717) is 23.9 Å². The Morgan fingerprint density at radius 2 is 2.07 bits per heavy atom. The highest BCUT2D eigenvalue weighted by molar-refractivity contribution is 5.98. The first-order valence-electron chi connectivity index (χ1n) is 9.29. The maximum Gasteiger partial charge on any atom is 0.254 e. The number of aromatic nitrogens is 6. The summed E-state index contributed by atoms with van der Waals surface area (Å²) in [4.78, 5) is 21.0. The number of rotatable bonds is 6. The number of nitrogens with zero attached hydrogens (tertiary/aromatic N) is 5. The molecule has 0 aliphatic carbocycles. The van der Waals surface area contributed by atoms with E-state index in [9.17, 15) is 9.18 Å². The summed E-state index contributed by atoms with van der Waals surface area (Å²) in [5.74, 6) is 0.0193. The van der Waals surface area contributed by atoms with Crippen molar-refractivity contribution >= 4 is 16.9 Å². The number of carbonyl (C=O) groups is 1. The van der Waals surface area contributed by atoms with E-state index in [4.69, 9.17) is 0 Å². The van der Waals surface area contributed by atoms with Crippen molar-refractivity contribution < 1.29 is 9.18 Å². The van der Waals surface area contributed by atoms with Crippen molar-refractivity contribution in [2.75, 3.05) is 0 Å². The van der Waals surface area contributed by atoms with Crippen LogP contribution in [0.5, 0.6) is 0 Å².